The molecule has 142 valence electrons. The van der Waals surface area contributed by atoms with Crippen molar-refractivity contribution in [1.82, 2.24) is 0 Å². The van der Waals surface area contributed by atoms with E-state index in [9.17, 15) is 0 Å². The van der Waals surface area contributed by atoms with E-state index in [1.54, 1.807) is 0 Å². The van der Waals surface area contributed by atoms with Crippen molar-refractivity contribution in [3.8, 4) is 0 Å². The molecule has 0 bridgehead atoms. The Morgan fingerprint density at radius 3 is 1.18 bits per heavy atom. The first kappa shape index (κ1) is 20.0. The van der Waals surface area contributed by atoms with E-state index in [4.69, 9.17) is 23.6 Å². The summed E-state index contributed by atoms with van der Waals surface area (Å²) in [4.78, 5) is 0. The lowest BCUT2D eigenvalue weighted by Gasteiger charge is -2.28. The van der Waals surface area contributed by atoms with Crippen molar-refractivity contribution in [2.75, 3.05) is 0 Å². The van der Waals surface area contributed by atoms with Crippen molar-refractivity contribution in [2.45, 2.75) is 27.7 Å². The Kier molecular flexibility index (Phi) is 5.13. The first-order chi connectivity index (χ1) is 13.3. The summed E-state index contributed by atoms with van der Waals surface area (Å²) in [7, 11) is 0. The lowest BCUT2D eigenvalue weighted by molar-refractivity contribution is 1.32. The Morgan fingerprint density at radius 1 is 0.536 bits per heavy atom. The Hall–Kier alpha value is -1.30. The summed E-state index contributed by atoms with van der Waals surface area (Å²) >= 11 is 13.0. The Labute approximate surface area is 178 Å². The van der Waals surface area contributed by atoms with Crippen LogP contribution in [0.3, 0.4) is 0 Å². The third-order valence-electron chi connectivity index (χ3n) is 5.81. The lowest BCUT2D eigenvalue weighted by atomic mass is 10.1. The second-order valence-corrected chi connectivity index (χ2v) is 16.1. The minimum Gasteiger partial charge on any atom is -0.0832 e. The summed E-state index contributed by atoms with van der Waals surface area (Å²) in [5.41, 5.74) is 5.27. The lowest BCUT2D eigenvalue weighted by Crippen LogP contribution is -2.09. The van der Waals surface area contributed by atoms with Gasteiger partial charge in [0.1, 0.15) is 0 Å². The van der Waals surface area contributed by atoms with E-state index in [0.29, 0.717) is 0 Å². The molecule has 0 saturated carbocycles. The van der Waals surface area contributed by atoms with Crippen molar-refractivity contribution >= 4 is 46.3 Å². The molecule has 0 amide bonds. The molecule has 4 heteroatoms. The van der Waals surface area contributed by atoms with Gasteiger partial charge in [-0.1, -0.05) is 84.3 Å². The van der Waals surface area contributed by atoms with Crippen molar-refractivity contribution < 1.29 is 0 Å². The van der Waals surface area contributed by atoms with E-state index in [1.165, 1.54) is 43.5 Å². The van der Waals surface area contributed by atoms with Gasteiger partial charge in [0.2, 0.25) is 0 Å². The van der Waals surface area contributed by atoms with Crippen LogP contribution in [0.25, 0.3) is 0 Å². The van der Waals surface area contributed by atoms with E-state index in [2.05, 4.69) is 100.0 Å². The van der Waals surface area contributed by atoms with Gasteiger partial charge in [0.15, 0.2) is 0 Å². The molecule has 0 spiro atoms. The van der Waals surface area contributed by atoms with Gasteiger partial charge in [-0.2, -0.15) is 0 Å². The number of benzene rings is 2. The van der Waals surface area contributed by atoms with Gasteiger partial charge in [-0.15, -0.1) is 0 Å². The second-order valence-electron chi connectivity index (χ2n) is 7.56. The molecule has 2 aromatic carbocycles. The molecule has 4 rings (SSSR count). The van der Waals surface area contributed by atoms with Crippen LogP contribution in [0.15, 0.2) is 105 Å². The maximum atomic E-state index is 6.48. The Balaban J connectivity index is 2.01. The molecule has 0 radical (unpaired) electrons. The van der Waals surface area contributed by atoms with Crippen LogP contribution in [0.4, 0.5) is 0 Å². The predicted molar refractivity (Wildman–Crippen MR) is 134 cm³/mol. The Bertz CT molecular complexity index is 1080. The van der Waals surface area contributed by atoms with Crippen LogP contribution in [0, 0.1) is 0 Å². The van der Waals surface area contributed by atoms with Gasteiger partial charge in [-0.05, 0) is 72.2 Å². The van der Waals surface area contributed by atoms with E-state index in [0.717, 1.165) is 0 Å². The standard InChI is InChI=1S/C24H24P2S2/c1-17-15-25(27,21-11-7-5-8-12-21)23(19(17)3)24-20(4)18(2)16-26(24,28)22-13-9-6-10-14-22/h5-16H,1-4H3/t25-,26+. The summed E-state index contributed by atoms with van der Waals surface area (Å²) in [5.74, 6) is 4.72. The van der Waals surface area contributed by atoms with Crippen molar-refractivity contribution in [3.63, 3.8) is 0 Å². The number of hydrogen-bond donors (Lipinski definition) is 0. The Morgan fingerprint density at radius 2 is 0.857 bits per heavy atom. The minimum atomic E-state index is -2.04. The van der Waals surface area contributed by atoms with E-state index in [-0.39, 0.29) is 0 Å². The van der Waals surface area contributed by atoms with Crippen molar-refractivity contribution in [1.29, 1.82) is 0 Å². The van der Waals surface area contributed by atoms with E-state index in [1.807, 2.05) is 0 Å². The first-order valence-corrected chi connectivity index (χ1v) is 15.2. The normalized spacial score (nSPS) is 27.3. The summed E-state index contributed by atoms with van der Waals surface area (Å²) in [6.07, 6.45) is 0. The van der Waals surface area contributed by atoms with Crippen molar-refractivity contribution in [2.24, 2.45) is 0 Å². The fraction of sp³-hybridized carbons (Fsp3) is 0.167. The highest BCUT2D eigenvalue weighted by atomic mass is 32.4. The third kappa shape index (κ3) is 2.94. The molecule has 2 aliphatic heterocycles. The highest BCUT2D eigenvalue weighted by Crippen LogP contribution is 2.74. The van der Waals surface area contributed by atoms with Gasteiger partial charge in [0, 0.05) is 22.7 Å². The molecule has 0 aromatic heterocycles. The maximum absolute atomic E-state index is 6.48. The van der Waals surface area contributed by atoms with Crippen LogP contribution >= 0.6 is 12.1 Å². The SMILES string of the molecule is CC1=C[P@](=S)(c2ccccc2)C(C2=C(C)C(C)=C[P@@]2(=S)c2ccccc2)=C1C. The third-order valence-corrected chi connectivity index (χ3v) is 15.1. The van der Waals surface area contributed by atoms with Gasteiger partial charge in [-0.25, -0.2) is 0 Å². The fourth-order valence-corrected chi connectivity index (χ4v) is 14.6. The van der Waals surface area contributed by atoms with Crippen LogP contribution in [-0.4, -0.2) is 0 Å². The number of rotatable bonds is 3. The van der Waals surface area contributed by atoms with E-state index >= 15 is 0 Å². The van der Waals surface area contributed by atoms with Crippen LogP contribution in [0.5, 0.6) is 0 Å². The molecule has 2 heterocycles. The van der Waals surface area contributed by atoms with Crippen LogP contribution in [0.2, 0.25) is 0 Å². The highest BCUT2D eigenvalue weighted by molar-refractivity contribution is 8.25. The molecule has 0 fully saturated rings. The highest BCUT2D eigenvalue weighted by Gasteiger charge is 2.40. The second kappa shape index (κ2) is 7.19. The number of allylic oxidation sites excluding steroid dienone is 6. The topological polar surface area (TPSA) is 0 Å². The summed E-state index contributed by atoms with van der Waals surface area (Å²) in [6.45, 7) is 8.86. The smallest absolute Gasteiger partial charge is 0.0322 e. The van der Waals surface area contributed by atoms with Crippen molar-refractivity contribution in [3.05, 3.63) is 105 Å². The van der Waals surface area contributed by atoms with Crippen LogP contribution < -0.4 is 10.6 Å². The quantitative estimate of drug-likeness (QED) is 0.474. The van der Waals surface area contributed by atoms with Crippen LogP contribution in [-0.2, 0) is 23.6 Å². The fourth-order valence-electron chi connectivity index (χ4n) is 4.12. The monoisotopic (exact) mass is 438 g/mol. The van der Waals surface area contributed by atoms with Gasteiger partial charge in [0.05, 0.1) is 0 Å². The molecular formula is C24H24P2S2. The predicted octanol–water partition coefficient (Wildman–Crippen LogP) is 6.98. The summed E-state index contributed by atoms with van der Waals surface area (Å²) < 4.78 is 0. The molecule has 0 aliphatic carbocycles. The molecule has 0 unspecified atom stereocenters. The summed E-state index contributed by atoms with van der Waals surface area (Å²) in [5, 5.41) is 5.22. The molecular weight excluding hydrogens is 414 g/mol. The zero-order chi connectivity index (χ0) is 20.1. The van der Waals surface area contributed by atoms with Gasteiger partial charge < -0.3 is 0 Å². The number of hydrogen-bond acceptors (Lipinski definition) is 2. The first-order valence-electron chi connectivity index (χ1n) is 9.42. The molecule has 2 aliphatic rings. The maximum Gasteiger partial charge on any atom is 0.0322 e. The summed E-state index contributed by atoms with van der Waals surface area (Å²) in [6, 6.07) is 17.2. The molecule has 28 heavy (non-hydrogen) atoms. The van der Waals surface area contributed by atoms with Gasteiger partial charge >= 0.3 is 0 Å². The van der Waals surface area contributed by atoms with Gasteiger partial charge in [0.25, 0.3) is 0 Å². The van der Waals surface area contributed by atoms with Gasteiger partial charge in [-0.3, -0.25) is 0 Å². The average Bonchev–Trinajstić information content (AvgIpc) is 3.07. The molecule has 0 nitrogen and oxygen atoms in total. The molecule has 2 aromatic rings. The largest absolute Gasteiger partial charge is 0.0832 e. The molecule has 0 saturated heterocycles. The molecule has 0 N–H and O–H groups in total. The average molecular weight is 439 g/mol. The van der Waals surface area contributed by atoms with E-state index < -0.39 is 12.1 Å². The minimum absolute atomic E-state index is 1.26. The molecule has 2 atom stereocenters. The zero-order valence-corrected chi connectivity index (χ0v) is 20.1. The van der Waals surface area contributed by atoms with Crippen LogP contribution in [0.1, 0.15) is 27.7 Å². The zero-order valence-electron chi connectivity index (χ0n) is 16.6.